The number of likely N-dealkylation sites (N-methyl/N-ethyl adjacent to an activating group) is 1. The summed E-state index contributed by atoms with van der Waals surface area (Å²) in [6, 6.07) is 0. The molecule has 0 bridgehead atoms. The Kier molecular flexibility index (Phi) is 3.94. The summed E-state index contributed by atoms with van der Waals surface area (Å²) in [4.78, 5) is 9.20. The van der Waals surface area contributed by atoms with Crippen LogP contribution in [-0.4, -0.2) is 54.8 Å². The maximum atomic E-state index is 6.03. The summed E-state index contributed by atoms with van der Waals surface area (Å²) in [5, 5.41) is 4.20. The van der Waals surface area contributed by atoms with Crippen molar-refractivity contribution in [3.05, 3.63) is 5.89 Å². The molecular weight excluding hydrogens is 254 g/mol. The highest BCUT2D eigenvalue weighted by atomic mass is 16.5. The zero-order valence-electron chi connectivity index (χ0n) is 12.3. The molecule has 6 nitrogen and oxygen atoms in total. The molecule has 3 rings (SSSR count). The van der Waals surface area contributed by atoms with Crippen LogP contribution >= 0.6 is 0 Å². The summed E-state index contributed by atoms with van der Waals surface area (Å²) in [7, 11) is 2.14. The minimum absolute atomic E-state index is 0.0733. The molecule has 1 saturated carbocycles. The van der Waals surface area contributed by atoms with E-state index < -0.39 is 0 Å². The second kappa shape index (κ2) is 5.69. The van der Waals surface area contributed by atoms with Gasteiger partial charge in [0.1, 0.15) is 0 Å². The van der Waals surface area contributed by atoms with Gasteiger partial charge in [0.2, 0.25) is 5.89 Å². The lowest BCUT2D eigenvalue weighted by atomic mass is 9.74. The van der Waals surface area contributed by atoms with Gasteiger partial charge in [-0.1, -0.05) is 19.3 Å². The first-order chi connectivity index (χ1) is 9.73. The number of hydrogen-bond acceptors (Lipinski definition) is 6. The van der Waals surface area contributed by atoms with E-state index in [-0.39, 0.29) is 5.41 Å². The number of anilines is 1. The van der Waals surface area contributed by atoms with Crippen molar-refractivity contribution >= 4 is 5.95 Å². The molecule has 6 heteroatoms. The molecule has 2 fully saturated rings. The van der Waals surface area contributed by atoms with Gasteiger partial charge >= 0.3 is 0 Å². The predicted molar refractivity (Wildman–Crippen MR) is 77.8 cm³/mol. The number of nitrogens with zero attached hydrogens (tertiary/aromatic N) is 4. The third-order valence-electron chi connectivity index (χ3n) is 4.86. The van der Waals surface area contributed by atoms with Gasteiger partial charge in [0.05, 0.1) is 5.41 Å². The van der Waals surface area contributed by atoms with Crippen LogP contribution in [0.25, 0.3) is 0 Å². The molecule has 1 saturated heterocycles. The Bertz CT molecular complexity index is 433. The van der Waals surface area contributed by atoms with Gasteiger partial charge in [0.25, 0.3) is 5.95 Å². The van der Waals surface area contributed by atoms with E-state index >= 15 is 0 Å². The quantitative estimate of drug-likeness (QED) is 0.889. The first-order valence-electron chi connectivity index (χ1n) is 7.71. The van der Waals surface area contributed by atoms with Crippen LogP contribution in [0.1, 0.15) is 38.0 Å². The van der Waals surface area contributed by atoms with E-state index in [4.69, 9.17) is 10.3 Å². The SMILES string of the molecule is CN1CCN(c2noc(C3(CN)CCCCC3)n2)CC1. The molecule has 2 aliphatic rings. The molecule has 0 aromatic carbocycles. The van der Waals surface area contributed by atoms with Gasteiger partial charge in [-0.3, -0.25) is 0 Å². The molecule has 20 heavy (non-hydrogen) atoms. The second-order valence-electron chi connectivity index (χ2n) is 6.23. The van der Waals surface area contributed by atoms with Gasteiger partial charge in [0.15, 0.2) is 0 Å². The van der Waals surface area contributed by atoms with Crippen molar-refractivity contribution in [2.45, 2.75) is 37.5 Å². The minimum atomic E-state index is -0.0733. The van der Waals surface area contributed by atoms with E-state index in [1.807, 2.05) is 0 Å². The van der Waals surface area contributed by atoms with Gasteiger partial charge in [-0.15, -0.1) is 0 Å². The van der Waals surface area contributed by atoms with Gasteiger partial charge in [-0.05, 0) is 25.0 Å². The van der Waals surface area contributed by atoms with E-state index in [1.54, 1.807) is 0 Å². The molecule has 0 amide bonds. The van der Waals surface area contributed by atoms with Crippen LogP contribution < -0.4 is 10.6 Å². The molecule has 0 atom stereocenters. The number of aromatic nitrogens is 2. The highest BCUT2D eigenvalue weighted by Gasteiger charge is 2.38. The number of nitrogens with two attached hydrogens (primary N) is 1. The van der Waals surface area contributed by atoms with E-state index in [1.165, 1.54) is 19.3 Å². The van der Waals surface area contributed by atoms with E-state index in [2.05, 4.69) is 27.0 Å². The Labute approximate surface area is 120 Å². The lowest BCUT2D eigenvalue weighted by molar-refractivity contribution is 0.220. The van der Waals surface area contributed by atoms with Gasteiger partial charge in [0, 0.05) is 32.7 Å². The first-order valence-corrected chi connectivity index (χ1v) is 7.71. The molecule has 0 unspecified atom stereocenters. The van der Waals surface area contributed by atoms with Crippen molar-refractivity contribution in [3.63, 3.8) is 0 Å². The Morgan fingerprint density at radius 2 is 1.85 bits per heavy atom. The summed E-state index contributed by atoms with van der Waals surface area (Å²) in [6.07, 6.45) is 5.87. The third-order valence-corrected chi connectivity index (χ3v) is 4.86. The summed E-state index contributed by atoms with van der Waals surface area (Å²) >= 11 is 0. The fraction of sp³-hybridized carbons (Fsp3) is 0.857. The summed E-state index contributed by atoms with van der Waals surface area (Å²) < 4.78 is 5.58. The molecular formula is C14H25N5O. The van der Waals surface area contributed by atoms with Crippen molar-refractivity contribution in [2.75, 3.05) is 44.7 Å². The average molecular weight is 279 g/mol. The molecule has 1 aliphatic carbocycles. The first kappa shape index (κ1) is 13.8. The van der Waals surface area contributed by atoms with Crippen molar-refractivity contribution in [1.82, 2.24) is 15.0 Å². The van der Waals surface area contributed by atoms with Crippen LogP contribution in [0.2, 0.25) is 0 Å². The van der Waals surface area contributed by atoms with Crippen LogP contribution in [0.15, 0.2) is 4.52 Å². The molecule has 1 aliphatic heterocycles. The molecule has 0 spiro atoms. The summed E-state index contributed by atoms with van der Waals surface area (Å²) in [5.41, 5.74) is 5.95. The largest absolute Gasteiger partial charge is 0.337 e. The number of hydrogen-bond donors (Lipinski definition) is 1. The van der Waals surface area contributed by atoms with Crippen molar-refractivity contribution in [2.24, 2.45) is 5.73 Å². The normalized spacial score (nSPS) is 24.0. The Morgan fingerprint density at radius 3 is 2.50 bits per heavy atom. The molecule has 2 heterocycles. The third kappa shape index (κ3) is 2.54. The lowest BCUT2D eigenvalue weighted by Gasteiger charge is -2.33. The predicted octanol–water partition coefficient (Wildman–Crippen LogP) is 0.982. The van der Waals surface area contributed by atoms with Gasteiger partial charge in [-0.25, -0.2) is 0 Å². The topological polar surface area (TPSA) is 71.4 Å². The summed E-state index contributed by atoms with van der Waals surface area (Å²) in [6.45, 7) is 4.63. The number of rotatable bonds is 3. The summed E-state index contributed by atoms with van der Waals surface area (Å²) in [5.74, 6) is 1.50. The maximum absolute atomic E-state index is 6.03. The highest BCUT2D eigenvalue weighted by Crippen LogP contribution is 2.38. The van der Waals surface area contributed by atoms with Crippen LogP contribution in [0, 0.1) is 0 Å². The van der Waals surface area contributed by atoms with Crippen LogP contribution in [0.5, 0.6) is 0 Å². The Hall–Kier alpha value is -1.14. The highest BCUT2D eigenvalue weighted by molar-refractivity contribution is 5.30. The van der Waals surface area contributed by atoms with Crippen molar-refractivity contribution in [1.29, 1.82) is 0 Å². The molecule has 1 aromatic heterocycles. The second-order valence-corrected chi connectivity index (χ2v) is 6.23. The van der Waals surface area contributed by atoms with Gasteiger partial charge < -0.3 is 20.1 Å². The van der Waals surface area contributed by atoms with Crippen molar-refractivity contribution in [3.8, 4) is 0 Å². The standard InChI is InChI=1S/C14H25N5O/c1-18-7-9-19(10-8-18)13-16-12(20-17-13)14(11-15)5-3-2-4-6-14/h2-11,15H2,1H3. The molecule has 2 N–H and O–H groups in total. The number of piperazine rings is 1. The average Bonchev–Trinajstić information content (AvgIpc) is 2.99. The molecule has 0 radical (unpaired) electrons. The maximum Gasteiger partial charge on any atom is 0.266 e. The Balaban J connectivity index is 1.75. The molecule has 1 aromatic rings. The monoisotopic (exact) mass is 279 g/mol. The van der Waals surface area contributed by atoms with Crippen LogP contribution in [-0.2, 0) is 5.41 Å². The van der Waals surface area contributed by atoms with Crippen LogP contribution in [0.4, 0.5) is 5.95 Å². The van der Waals surface area contributed by atoms with E-state index in [0.717, 1.165) is 50.9 Å². The van der Waals surface area contributed by atoms with E-state index in [0.29, 0.717) is 6.54 Å². The fourth-order valence-electron chi connectivity index (χ4n) is 3.30. The zero-order chi connectivity index (χ0) is 14.0. The zero-order valence-corrected chi connectivity index (χ0v) is 12.3. The van der Waals surface area contributed by atoms with Gasteiger partial charge in [-0.2, -0.15) is 4.98 Å². The van der Waals surface area contributed by atoms with Crippen LogP contribution in [0.3, 0.4) is 0 Å². The lowest BCUT2D eigenvalue weighted by Crippen LogP contribution is -2.45. The van der Waals surface area contributed by atoms with Crippen molar-refractivity contribution < 1.29 is 4.52 Å². The Morgan fingerprint density at radius 1 is 1.15 bits per heavy atom. The molecule has 112 valence electrons. The minimum Gasteiger partial charge on any atom is -0.337 e. The smallest absolute Gasteiger partial charge is 0.266 e. The van der Waals surface area contributed by atoms with E-state index in [9.17, 15) is 0 Å². The fourth-order valence-corrected chi connectivity index (χ4v) is 3.30.